The number of hydrogen-bond acceptors (Lipinski definition) is 2. The second kappa shape index (κ2) is 6.45. The van der Waals surface area contributed by atoms with Gasteiger partial charge in [0.15, 0.2) is 0 Å². The van der Waals surface area contributed by atoms with E-state index in [0.717, 1.165) is 44.7 Å². The Bertz CT molecular complexity index is 223. The van der Waals surface area contributed by atoms with E-state index >= 15 is 0 Å². The molecule has 94 valence electrons. The van der Waals surface area contributed by atoms with Gasteiger partial charge in [0.2, 0.25) is 5.91 Å². The molecule has 2 fully saturated rings. The molecule has 2 aliphatic carbocycles. The van der Waals surface area contributed by atoms with Gasteiger partial charge >= 0.3 is 0 Å². The summed E-state index contributed by atoms with van der Waals surface area (Å²) in [4.78, 5) is 11.8. The van der Waals surface area contributed by atoms with Crippen molar-refractivity contribution in [2.45, 2.75) is 38.5 Å². The lowest BCUT2D eigenvalue weighted by atomic mass is 9.81. The highest BCUT2D eigenvalue weighted by Gasteiger charge is 2.27. The normalized spacial score (nSPS) is 29.3. The summed E-state index contributed by atoms with van der Waals surface area (Å²) >= 11 is 0. The zero-order valence-corrected chi connectivity index (χ0v) is 10.6. The molecule has 0 heterocycles. The maximum Gasteiger partial charge on any atom is 0.223 e. The van der Waals surface area contributed by atoms with Crippen LogP contribution in [0.3, 0.4) is 0 Å². The average Bonchev–Trinajstić information content (AvgIpc) is 3.10. The molecule has 3 N–H and O–H groups in total. The SMILES string of the molecule is Cl.NCC1CCC(C(=O)NCC2CC2)CC1. The van der Waals surface area contributed by atoms with Crippen molar-refractivity contribution in [3.8, 4) is 0 Å². The van der Waals surface area contributed by atoms with Crippen molar-refractivity contribution in [3.63, 3.8) is 0 Å². The Labute approximate surface area is 104 Å². The van der Waals surface area contributed by atoms with Crippen molar-refractivity contribution >= 4 is 18.3 Å². The van der Waals surface area contributed by atoms with Crippen molar-refractivity contribution in [2.75, 3.05) is 13.1 Å². The Balaban J connectivity index is 0.00000128. The zero-order chi connectivity index (χ0) is 10.7. The van der Waals surface area contributed by atoms with Crippen molar-refractivity contribution in [2.24, 2.45) is 23.5 Å². The van der Waals surface area contributed by atoms with Crippen LogP contribution in [0.25, 0.3) is 0 Å². The summed E-state index contributed by atoms with van der Waals surface area (Å²) in [6, 6.07) is 0. The second-order valence-electron chi connectivity index (χ2n) is 5.14. The summed E-state index contributed by atoms with van der Waals surface area (Å²) in [7, 11) is 0. The first-order chi connectivity index (χ1) is 7.29. The van der Waals surface area contributed by atoms with E-state index in [1.54, 1.807) is 0 Å². The van der Waals surface area contributed by atoms with Gasteiger partial charge in [-0.25, -0.2) is 0 Å². The molecule has 0 saturated heterocycles. The molecule has 16 heavy (non-hydrogen) atoms. The molecule has 0 bridgehead atoms. The van der Waals surface area contributed by atoms with Gasteiger partial charge in [-0.3, -0.25) is 4.79 Å². The molecule has 0 aliphatic heterocycles. The van der Waals surface area contributed by atoms with E-state index in [2.05, 4.69) is 5.32 Å². The maximum atomic E-state index is 11.8. The van der Waals surface area contributed by atoms with Crippen molar-refractivity contribution in [1.82, 2.24) is 5.32 Å². The van der Waals surface area contributed by atoms with Crippen LogP contribution in [0, 0.1) is 17.8 Å². The van der Waals surface area contributed by atoms with Crippen LogP contribution in [0.15, 0.2) is 0 Å². The first-order valence-electron chi connectivity index (χ1n) is 6.27. The number of carbonyl (C=O) groups is 1. The van der Waals surface area contributed by atoms with Crippen LogP contribution in [-0.4, -0.2) is 19.0 Å². The van der Waals surface area contributed by atoms with Crippen LogP contribution in [0.2, 0.25) is 0 Å². The van der Waals surface area contributed by atoms with E-state index in [1.807, 2.05) is 0 Å². The molecule has 4 heteroatoms. The number of hydrogen-bond donors (Lipinski definition) is 2. The first kappa shape index (κ1) is 13.8. The van der Waals surface area contributed by atoms with E-state index in [0.29, 0.717) is 5.92 Å². The van der Waals surface area contributed by atoms with E-state index in [4.69, 9.17) is 5.73 Å². The predicted molar refractivity (Wildman–Crippen MR) is 67.5 cm³/mol. The fraction of sp³-hybridized carbons (Fsp3) is 0.917. The molecule has 1 amide bonds. The molecule has 2 saturated carbocycles. The molecule has 0 atom stereocenters. The smallest absolute Gasteiger partial charge is 0.223 e. The summed E-state index contributed by atoms with van der Waals surface area (Å²) in [6.07, 6.45) is 6.97. The molecule has 0 radical (unpaired) electrons. The molecule has 0 unspecified atom stereocenters. The molecule has 0 aromatic rings. The van der Waals surface area contributed by atoms with Gasteiger partial charge in [0, 0.05) is 12.5 Å². The summed E-state index contributed by atoms with van der Waals surface area (Å²) in [5.41, 5.74) is 5.63. The summed E-state index contributed by atoms with van der Waals surface area (Å²) in [6.45, 7) is 1.70. The third-order valence-corrected chi connectivity index (χ3v) is 3.81. The Morgan fingerprint density at radius 3 is 2.12 bits per heavy atom. The quantitative estimate of drug-likeness (QED) is 0.793. The summed E-state index contributed by atoms with van der Waals surface area (Å²) in [5.74, 6) is 2.01. The van der Waals surface area contributed by atoms with Gasteiger partial charge in [-0.2, -0.15) is 0 Å². The minimum atomic E-state index is 0. The van der Waals surface area contributed by atoms with E-state index in [1.165, 1.54) is 12.8 Å². The topological polar surface area (TPSA) is 55.1 Å². The molecule has 0 spiro atoms. The van der Waals surface area contributed by atoms with Crippen LogP contribution in [0.4, 0.5) is 0 Å². The third-order valence-electron chi connectivity index (χ3n) is 3.81. The number of nitrogens with two attached hydrogens (primary N) is 1. The summed E-state index contributed by atoms with van der Waals surface area (Å²) in [5, 5.41) is 3.08. The van der Waals surface area contributed by atoms with Crippen LogP contribution >= 0.6 is 12.4 Å². The number of amides is 1. The average molecular weight is 247 g/mol. The Morgan fingerprint density at radius 1 is 1.06 bits per heavy atom. The first-order valence-corrected chi connectivity index (χ1v) is 6.27. The standard InChI is InChI=1S/C12H22N2O.ClH/c13-7-9-3-5-11(6-4-9)12(15)14-8-10-1-2-10;/h9-11H,1-8,13H2,(H,14,15);1H. The number of carbonyl (C=O) groups excluding carboxylic acids is 1. The molecule has 2 aliphatic rings. The van der Waals surface area contributed by atoms with Gasteiger partial charge < -0.3 is 11.1 Å². The number of rotatable bonds is 4. The Kier molecular flexibility index (Phi) is 5.56. The lowest BCUT2D eigenvalue weighted by molar-refractivity contribution is -0.126. The maximum absolute atomic E-state index is 11.8. The largest absolute Gasteiger partial charge is 0.356 e. The van der Waals surface area contributed by atoms with Gasteiger partial charge in [-0.05, 0) is 56.9 Å². The fourth-order valence-electron chi connectivity index (χ4n) is 2.37. The van der Waals surface area contributed by atoms with Crippen LogP contribution in [0.1, 0.15) is 38.5 Å². The zero-order valence-electron chi connectivity index (χ0n) is 9.78. The lowest BCUT2D eigenvalue weighted by Gasteiger charge is -2.26. The molecule has 0 aromatic heterocycles. The predicted octanol–water partition coefficient (Wildman–Crippen LogP) is 1.70. The van der Waals surface area contributed by atoms with Crippen molar-refractivity contribution in [3.05, 3.63) is 0 Å². The van der Waals surface area contributed by atoms with Gasteiger partial charge in [0.1, 0.15) is 0 Å². The highest BCUT2D eigenvalue weighted by molar-refractivity contribution is 5.85. The molecular formula is C12H23ClN2O. The van der Waals surface area contributed by atoms with Crippen molar-refractivity contribution < 1.29 is 4.79 Å². The van der Waals surface area contributed by atoms with Crippen LogP contribution in [-0.2, 0) is 4.79 Å². The van der Waals surface area contributed by atoms with E-state index in [9.17, 15) is 4.79 Å². The second-order valence-corrected chi connectivity index (χ2v) is 5.14. The third kappa shape index (κ3) is 3.95. The monoisotopic (exact) mass is 246 g/mol. The number of nitrogens with one attached hydrogen (secondary N) is 1. The molecule has 3 nitrogen and oxygen atoms in total. The van der Waals surface area contributed by atoms with E-state index in [-0.39, 0.29) is 24.2 Å². The van der Waals surface area contributed by atoms with Crippen molar-refractivity contribution in [1.29, 1.82) is 0 Å². The van der Waals surface area contributed by atoms with Crippen LogP contribution in [0.5, 0.6) is 0 Å². The minimum Gasteiger partial charge on any atom is -0.356 e. The van der Waals surface area contributed by atoms with E-state index < -0.39 is 0 Å². The summed E-state index contributed by atoms with van der Waals surface area (Å²) < 4.78 is 0. The number of halogens is 1. The minimum absolute atomic E-state index is 0. The molecule has 2 rings (SSSR count). The highest BCUT2D eigenvalue weighted by atomic mass is 35.5. The lowest BCUT2D eigenvalue weighted by Crippen LogP contribution is -2.35. The van der Waals surface area contributed by atoms with Gasteiger partial charge in [0.25, 0.3) is 0 Å². The van der Waals surface area contributed by atoms with Gasteiger partial charge in [0.05, 0.1) is 0 Å². The Morgan fingerprint density at radius 2 is 1.62 bits per heavy atom. The molecular weight excluding hydrogens is 224 g/mol. The Hall–Kier alpha value is -0.280. The van der Waals surface area contributed by atoms with Gasteiger partial charge in [-0.1, -0.05) is 0 Å². The van der Waals surface area contributed by atoms with Crippen LogP contribution < -0.4 is 11.1 Å². The van der Waals surface area contributed by atoms with Gasteiger partial charge in [-0.15, -0.1) is 12.4 Å². The highest BCUT2D eigenvalue weighted by Crippen LogP contribution is 2.30. The fourth-order valence-corrected chi connectivity index (χ4v) is 2.37. The molecule has 0 aromatic carbocycles.